The van der Waals surface area contributed by atoms with Gasteiger partial charge in [0.05, 0.1) is 11.1 Å². The van der Waals surface area contributed by atoms with Crippen LogP contribution in [0.3, 0.4) is 0 Å². The highest BCUT2D eigenvalue weighted by Crippen LogP contribution is 2.42. The summed E-state index contributed by atoms with van der Waals surface area (Å²) in [5.74, 6) is -0.941. The van der Waals surface area contributed by atoms with Crippen molar-refractivity contribution >= 4 is 82.9 Å². The van der Waals surface area contributed by atoms with Crippen LogP contribution in [0, 0.1) is 0 Å². The molecule has 0 amide bonds. The maximum Gasteiger partial charge on any atom is 0.298 e. The number of hydrogen-bond acceptors (Lipinski definition) is 12. The molecule has 0 aliphatic rings. The predicted octanol–water partition coefficient (Wildman–Crippen LogP) is 4.27. The molecule has 4 rings (SSSR count). The first-order valence-corrected chi connectivity index (χ1v) is 13.3. The van der Waals surface area contributed by atoms with Gasteiger partial charge in [-0.3, -0.25) is 9.11 Å². The Morgan fingerprint density at radius 2 is 1.43 bits per heavy atom. The second kappa shape index (κ2) is 9.66. The number of rotatable bonds is 6. The maximum atomic E-state index is 11.9. The number of phenolic OH excluding ortho intramolecular Hbond substituents is 1. The summed E-state index contributed by atoms with van der Waals surface area (Å²) in [5, 5.41) is 20.7. The number of azo groups is 1. The first-order chi connectivity index (χ1) is 17.2. The minimum Gasteiger partial charge on any atom is -0.506 e. The molecule has 192 valence electrons. The minimum atomic E-state index is -4.81. The lowest BCUT2D eigenvalue weighted by molar-refractivity contribution is 0.448. The van der Waals surface area contributed by atoms with Crippen molar-refractivity contribution in [2.45, 2.75) is 9.79 Å². The number of anilines is 3. The van der Waals surface area contributed by atoms with Crippen LogP contribution in [0.1, 0.15) is 0 Å². The van der Waals surface area contributed by atoms with E-state index in [2.05, 4.69) is 30.5 Å². The average molecular weight is 586 g/mol. The lowest BCUT2D eigenvalue weighted by Gasteiger charge is -2.10. The van der Waals surface area contributed by atoms with Crippen molar-refractivity contribution in [1.82, 2.24) is 15.0 Å². The fourth-order valence-corrected chi connectivity index (χ4v) is 4.75. The van der Waals surface area contributed by atoms with E-state index in [1.807, 2.05) is 0 Å². The van der Waals surface area contributed by atoms with E-state index in [0.717, 1.165) is 18.2 Å². The third-order valence-corrected chi connectivity index (χ3v) is 6.86. The number of aromatic hydroxyl groups is 1. The number of halogens is 2. The highest BCUT2D eigenvalue weighted by Gasteiger charge is 2.21. The Balaban J connectivity index is 1.87. The van der Waals surface area contributed by atoms with Gasteiger partial charge < -0.3 is 16.2 Å². The monoisotopic (exact) mass is 585 g/mol. The van der Waals surface area contributed by atoms with Gasteiger partial charge in [-0.2, -0.15) is 31.8 Å². The minimum absolute atomic E-state index is 0.0730. The number of aromatic nitrogens is 3. The summed E-state index contributed by atoms with van der Waals surface area (Å²) in [6.45, 7) is 0. The van der Waals surface area contributed by atoms with Crippen LogP contribution in [-0.4, -0.2) is 46.0 Å². The molecule has 14 nitrogen and oxygen atoms in total. The van der Waals surface area contributed by atoms with Crippen molar-refractivity contribution in [3.8, 4) is 5.75 Å². The van der Waals surface area contributed by atoms with Gasteiger partial charge in [-0.1, -0.05) is 12.1 Å². The second-order valence-corrected chi connectivity index (χ2v) is 10.6. The first-order valence-electron chi connectivity index (χ1n) is 9.63. The number of nitrogens with one attached hydrogen (secondary N) is 1. The zero-order valence-electron chi connectivity index (χ0n) is 17.9. The molecule has 0 bridgehead atoms. The third-order valence-electron chi connectivity index (χ3n) is 4.74. The predicted molar refractivity (Wildman–Crippen MR) is 133 cm³/mol. The highest BCUT2D eigenvalue weighted by atomic mass is 35.5. The van der Waals surface area contributed by atoms with Gasteiger partial charge >= 0.3 is 0 Å². The Morgan fingerprint density at radius 1 is 0.838 bits per heavy atom. The van der Waals surface area contributed by atoms with E-state index in [1.54, 1.807) is 0 Å². The number of nitrogen functional groups attached to an aromatic ring is 1. The van der Waals surface area contributed by atoms with Crippen LogP contribution in [0.2, 0.25) is 10.6 Å². The Morgan fingerprint density at radius 3 is 2.05 bits per heavy atom. The van der Waals surface area contributed by atoms with E-state index < -0.39 is 35.8 Å². The number of nitrogens with two attached hydrogens (primary N) is 1. The fourth-order valence-electron chi connectivity index (χ4n) is 3.20. The standard InChI is InChI=1S/C19H13Cl2N7O7S2/c20-17-24-18(21)26-19(25-17)23-9-3-6-12(36(30,31)32)11(7-9)27-28-15-10(22)4-1-8-2-5-13(37(33,34)35)16(29)14(8)15/h1-7,29H,22H2,(H,30,31,32)(H,33,34,35)(H,23,24,25,26). The van der Waals surface area contributed by atoms with Gasteiger partial charge in [0.25, 0.3) is 20.2 Å². The van der Waals surface area contributed by atoms with Gasteiger partial charge in [0, 0.05) is 5.69 Å². The average Bonchev–Trinajstić information content (AvgIpc) is 2.76. The number of fused-ring (bicyclic) bond motifs is 1. The van der Waals surface area contributed by atoms with Gasteiger partial charge in [-0.15, -0.1) is 10.2 Å². The smallest absolute Gasteiger partial charge is 0.298 e. The lowest BCUT2D eigenvalue weighted by atomic mass is 10.1. The Hall–Kier alpha value is -3.67. The van der Waals surface area contributed by atoms with Crippen LogP contribution in [0.25, 0.3) is 10.8 Å². The molecule has 0 unspecified atom stereocenters. The maximum absolute atomic E-state index is 11.9. The van der Waals surface area contributed by atoms with Crippen LogP contribution in [0.5, 0.6) is 5.75 Å². The van der Waals surface area contributed by atoms with Gasteiger partial charge in [0.2, 0.25) is 16.5 Å². The summed E-state index contributed by atoms with van der Waals surface area (Å²) in [5.41, 5.74) is 5.43. The van der Waals surface area contributed by atoms with Crippen LogP contribution in [0.15, 0.2) is 62.5 Å². The van der Waals surface area contributed by atoms with Gasteiger partial charge in [-0.05, 0) is 58.9 Å². The van der Waals surface area contributed by atoms with E-state index in [0.29, 0.717) is 0 Å². The molecule has 0 saturated heterocycles. The third kappa shape index (κ3) is 5.68. The Bertz CT molecular complexity index is 1800. The van der Waals surface area contributed by atoms with E-state index in [1.165, 1.54) is 24.3 Å². The molecule has 1 heterocycles. The summed E-state index contributed by atoms with van der Waals surface area (Å²) in [7, 11) is -9.59. The zero-order chi connectivity index (χ0) is 27.1. The fraction of sp³-hybridized carbons (Fsp3) is 0. The Kier molecular flexibility index (Phi) is 6.89. The van der Waals surface area contributed by atoms with Crippen molar-refractivity contribution in [2.24, 2.45) is 10.2 Å². The zero-order valence-corrected chi connectivity index (χ0v) is 21.0. The van der Waals surface area contributed by atoms with Gasteiger partial charge in [-0.25, -0.2) is 0 Å². The van der Waals surface area contributed by atoms with E-state index in [9.17, 15) is 31.0 Å². The summed E-state index contributed by atoms with van der Waals surface area (Å²) in [6.07, 6.45) is 0. The van der Waals surface area contributed by atoms with E-state index >= 15 is 0 Å². The molecule has 3 aromatic carbocycles. The van der Waals surface area contributed by atoms with Gasteiger partial charge in [0.1, 0.15) is 26.9 Å². The summed E-state index contributed by atoms with van der Waals surface area (Å²) < 4.78 is 66.2. The van der Waals surface area contributed by atoms with Crippen molar-refractivity contribution in [1.29, 1.82) is 0 Å². The number of hydrogen-bond donors (Lipinski definition) is 5. The van der Waals surface area contributed by atoms with E-state index in [-0.39, 0.29) is 50.0 Å². The SMILES string of the molecule is Nc1ccc2ccc(S(=O)(=O)O)c(O)c2c1N=Nc1cc(Nc2nc(Cl)nc(Cl)n2)ccc1S(=O)(=O)O. The Labute approximate surface area is 218 Å². The second-order valence-electron chi connectivity index (χ2n) is 7.17. The molecule has 0 saturated carbocycles. The molecule has 0 radical (unpaired) electrons. The summed E-state index contributed by atoms with van der Waals surface area (Å²) in [4.78, 5) is 9.79. The molecule has 0 aliphatic heterocycles. The number of phenols is 1. The van der Waals surface area contributed by atoms with Gasteiger partial charge in [0.15, 0.2) is 0 Å². The van der Waals surface area contributed by atoms with Crippen LogP contribution < -0.4 is 11.1 Å². The lowest BCUT2D eigenvalue weighted by Crippen LogP contribution is -2.02. The number of benzene rings is 3. The molecule has 18 heteroatoms. The normalized spacial score (nSPS) is 12.3. The highest BCUT2D eigenvalue weighted by molar-refractivity contribution is 7.86. The molecule has 0 atom stereocenters. The van der Waals surface area contributed by atoms with Crippen molar-refractivity contribution in [3.63, 3.8) is 0 Å². The van der Waals surface area contributed by atoms with Crippen molar-refractivity contribution in [2.75, 3.05) is 11.1 Å². The summed E-state index contributed by atoms with van der Waals surface area (Å²) in [6, 6.07) is 8.53. The number of nitrogens with zero attached hydrogens (tertiary/aromatic N) is 5. The molecule has 6 N–H and O–H groups in total. The van der Waals surface area contributed by atoms with E-state index in [4.69, 9.17) is 28.9 Å². The molecule has 0 aliphatic carbocycles. The summed E-state index contributed by atoms with van der Waals surface area (Å²) >= 11 is 11.5. The van der Waals surface area contributed by atoms with Crippen LogP contribution >= 0.6 is 23.2 Å². The van der Waals surface area contributed by atoms with Crippen LogP contribution in [0.4, 0.5) is 28.7 Å². The topological polar surface area (TPSA) is 230 Å². The molecule has 0 fully saturated rings. The van der Waals surface area contributed by atoms with Crippen molar-refractivity contribution in [3.05, 3.63) is 53.0 Å². The molecule has 4 aromatic rings. The molecule has 0 spiro atoms. The first kappa shape index (κ1) is 26.4. The largest absolute Gasteiger partial charge is 0.506 e. The molecular formula is C19H13Cl2N7O7S2. The van der Waals surface area contributed by atoms with Crippen LogP contribution in [-0.2, 0) is 20.2 Å². The van der Waals surface area contributed by atoms with Crippen molar-refractivity contribution < 1.29 is 31.0 Å². The molecular weight excluding hydrogens is 573 g/mol. The molecule has 37 heavy (non-hydrogen) atoms. The molecule has 1 aromatic heterocycles. The quantitative estimate of drug-likeness (QED) is 0.121.